The Labute approximate surface area is 157 Å². The lowest BCUT2D eigenvalue weighted by Crippen LogP contribution is -2.30. The molecule has 5 heteroatoms. The predicted octanol–water partition coefficient (Wildman–Crippen LogP) is 3.81. The lowest BCUT2D eigenvalue weighted by atomic mass is 9.99. The molecule has 1 atom stereocenters. The zero-order chi connectivity index (χ0) is 17.9. The van der Waals surface area contributed by atoms with Gasteiger partial charge in [0.05, 0.1) is 4.91 Å². The molecule has 4 nitrogen and oxygen atoms in total. The summed E-state index contributed by atoms with van der Waals surface area (Å²) in [5.74, 6) is -0.416. The lowest BCUT2D eigenvalue weighted by Gasteiger charge is -2.29. The highest BCUT2D eigenvalue weighted by molar-refractivity contribution is 8.04. The molecule has 0 fully saturated rings. The fourth-order valence-electron chi connectivity index (χ4n) is 3.71. The van der Waals surface area contributed by atoms with Crippen molar-refractivity contribution in [2.45, 2.75) is 31.2 Å². The van der Waals surface area contributed by atoms with Gasteiger partial charge in [-0.15, -0.1) is 11.8 Å². The molecule has 2 heterocycles. The van der Waals surface area contributed by atoms with Crippen LogP contribution >= 0.6 is 11.8 Å². The molecule has 2 aromatic rings. The Hall–Kier alpha value is -2.08. The van der Waals surface area contributed by atoms with E-state index in [2.05, 4.69) is 53.4 Å². The fourth-order valence-corrected chi connectivity index (χ4v) is 4.83. The highest BCUT2D eigenvalue weighted by Gasteiger charge is 2.24. The Morgan fingerprint density at radius 2 is 2.04 bits per heavy atom. The molecule has 1 amide bonds. The number of carbonyl (C=O) groups is 1. The van der Waals surface area contributed by atoms with Crippen molar-refractivity contribution in [2.24, 2.45) is 0 Å². The van der Waals surface area contributed by atoms with Gasteiger partial charge in [0.25, 0.3) is 5.91 Å². The summed E-state index contributed by atoms with van der Waals surface area (Å²) < 4.78 is 0. The predicted molar refractivity (Wildman–Crippen MR) is 104 cm³/mol. The monoisotopic (exact) mass is 366 g/mol. The number of nitrogens with zero attached hydrogens (tertiary/aromatic N) is 1. The minimum Gasteiger partial charge on any atom is -0.294 e. The maximum Gasteiger partial charge on any atom is 0.280 e. The fraction of sp³-hybridized carbons (Fsp3) is 0.286. The van der Waals surface area contributed by atoms with Crippen molar-refractivity contribution in [3.63, 3.8) is 0 Å². The third kappa shape index (κ3) is 3.70. The molecule has 0 bridgehead atoms. The van der Waals surface area contributed by atoms with Crippen molar-refractivity contribution in [3.05, 3.63) is 81.8 Å². The Morgan fingerprint density at radius 1 is 1.19 bits per heavy atom. The molecule has 4 rings (SSSR count). The Bertz CT molecular complexity index is 849. The molecule has 134 valence electrons. The van der Waals surface area contributed by atoms with E-state index in [1.54, 1.807) is 5.48 Å². The number of fused-ring (bicyclic) bond motifs is 1. The quantitative estimate of drug-likeness (QED) is 0.638. The number of allylic oxidation sites excluding steroid dienone is 1. The molecule has 0 saturated carbocycles. The van der Waals surface area contributed by atoms with E-state index < -0.39 is 5.91 Å². The highest BCUT2D eigenvalue weighted by Crippen LogP contribution is 2.43. The molecule has 2 aliphatic heterocycles. The van der Waals surface area contributed by atoms with Crippen LogP contribution in [0.2, 0.25) is 0 Å². The smallest absolute Gasteiger partial charge is 0.280 e. The first-order valence-electron chi connectivity index (χ1n) is 8.92. The molecular formula is C21H22N2O2S. The van der Waals surface area contributed by atoms with Gasteiger partial charge >= 0.3 is 0 Å². The standard InChI is InChI=1S/C21H22N2O2S/c24-21(22-25)20-9-8-19(26-20)17-7-3-4-15(12-17)13-23-11-10-16-5-1-2-6-18(16)14-23/h1-7,9,12,19,25H,8,10-11,13-14H2,(H,22,24). The van der Waals surface area contributed by atoms with Crippen LogP contribution in [-0.4, -0.2) is 22.6 Å². The van der Waals surface area contributed by atoms with Gasteiger partial charge in [0.15, 0.2) is 0 Å². The summed E-state index contributed by atoms with van der Waals surface area (Å²) in [5, 5.41) is 9.03. The summed E-state index contributed by atoms with van der Waals surface area (Å²) in [7, 11) is 0. The summed E-state index contributed by atoms with van der Waals surface area (Å²) in [4.78, 5) is 14.6. The number of carbonyl (C=O) groups excluding carboxylic acids is 1. The van der Waals surface area contributed by atoms with Crippen LogP contribution in [0.4, 0.5) is 0 Å². The second kappa shape index (κ2) is 7.66. The van der Waals surface area contributed by atoms with Crippen molar-refractivity contribution in [1.82, 2.24) is 10.4 Å². The van der Waals surface area contributed by atoms with E-state index in [1.165, 1.54) is 34.0 Å². The van der Waals surface area contributed by atoms with Crippen molar-refractivity contribution in [1.29, 1.82) is 0 Å². The van der Waals surface area contributed by atoms with E-state index in [-0.39, 0.29) is 5.25 Å². The van der Waals surface area contributed by atoms with E-state index in [0.717, 1.165) is 32.5 Å². The highest BCUT2D eigenvalue weighted by atomic mass is 32.2. The summed E-state index contributed by atoms with van der Waals surface area (Å²) in [6.45, 7) is 3.03. The van der Waals surface area contributed by atoms with E-state index >= 15 is 0 Å². The SMILES string of the molecule is O=C(NO)C1=CCC(c2cccc(CN3CCc4ccccc4C3)c2)S1. The molecule has 26 heavy (non-hydrogen) atoms. The largest absolute Gasteiger partial charge is 0.294 e. The Morgan fingerprint density at radius 3 is 2.88 bits per heavy atom. The number of hydrogen-bond donors (Lipinski definition) is 2. The second-order valence-electron chi connectivity index (χ2n) is 6.83. The van der Waals surface area contributed by atoms with Gasteiger partial charge in [0.2, 0.25) is 0 Å². The van der Waals surface area contributed by atoms with E-state index in [1.807, 2.05) is 6.08 Å². The Balaban J connectivity index is 1.42. The van der Waals surface area contributed by atoms with Gasteiger partial charge in [-0.3, -0.25) is 14.9 Å². The van der Waals surface area contributed by atoms with E-state index in [0.29, 0.717) is 4.91 Å². The summed E-state index contributed by atoms with van der Waals surface area (Å²) >= 11 is 1.52. The van der Waals surface area contributed by atoms with Crippen LogP contribution in [0.5, 0.6) is 0 Å². The van der Waals surface area contributed by atoms with Crippen molar-refractivity contribution >= 4 is 17.7 Å². The molecule has 2 aromatic carbocycles. The van der Waals surface area contributed by atoms with Gasteiger partial charge in [-0.2, -0.15) is 0 Å². The van der Waals surface area contributed by atoms with Crippen LogP contribution in [0, 0.1) is 0 Å². The van der Waals surface area contributed by atoms with Crippen molar-refractivity contribution in [3.8, 4) is 0 Å². The van der Waals surface area contributed by atoms with Crippen LogP contribution in [0.25, 0.3) is 0 Å². The third-order valence-corrected chi connectivity index (χ3v) is 6.41. The molecular weight excluding hydrogens is 344 g/mol. The summed E-state index contributed by atoms with van der Waals surface area (Å²) in [6.07, 6.45) is 3.82. The topological polar surface area (TPSA) is 52.6 Å². The van der Waals surface area contributed by atoms with Gasteiger partial charge in [0.1, 0.15) is 0 Å². The average Bonchev–Trinajstić information content (AvgIpc) is 3.18. The number of nitrogens with one attached hydrogen (secondary N) is 1. The number of hydrogen-bond acceptors (Lipinski definition) is 4. The van der Waals surface area contributed by atoms with Gasteiger partial charge in [-0.25, -0.2) is 5.48 Å². The lowest BCUT2D eigenvalue weighted by molar-refractivity contribution is -0.124. The molecule has 0 aliphatic carbocycles. The molecule has 0 saturated heterocycles. The maximum absolute atomic E-state index is 11.6. The second-order valence-corrected chi connectivity index (χ2v) is 8.07. The first-order chi connectivity index (χ1) is 12.7. The zero-order valence-corrected chi connectivity index (χ0v) is 15.3. The van der Waals surface area contributed by atoms with Crippen LogP contribution in [0.3, 0.4) is 0 Å². The first-order valence-corrected chi connectivity index (χ1v) is 9.80. The minimum absolute atomic E-state index is 0.240. The first kappa shape index (κ1) is 17.3. The van der Waals surface area contributed by atoms with Crippen LogP contribution in [0.1, 0.15) is 33.9 Å². The maximum atomic E-state index is 11.6. The van der Waals surface area contributed by atoms with Crippen molar-refractivity contribution in [2.75, 3.05) is 6.54 Å². The van der Waals surface area contributed by atoms with Crippen LogP contribution < -0.4 is 5.48 Å². The molecule has 2 aliphatic rings. The molecule has 0 aromatic heterocycles. The molecule has 0 spiro atoms. The normalized spacial score (nSPS) is 19.7. The van der Waals surface area contributed by atoms with Gasteiger partial charge in [-0.1, -0.05) is 54.6 Å². The summed E-state index contributed by atoms with van der Waals surface area (Å²) in [6, 6.07) is 17.4. The van der Waals surface area contributed by atoms with Crippen LogP contribution in [0.15, 0.2) is 59.5 Å². The van der Waals surface area contributed by atoms with E-state index in [9.17, 15) is 4.79 Å². The number of thioether (sulfide) groups is 1. The number of hydroxylamine groups is 1. The minimum atomic E-state index is -0.416. The number of amides is 1. The van der Waals surface area contributed by atoms with Gasteiger partial charge < -0.3 is 0 Å². The van der Waals surface area contributed by atoms with Gasteiger partial charge in [0, 0.05) is 24.9 Å². The zero-order valence-electron chi connectivity index (χ0n) is 14.5. The van der Waals surface area contributed by atoms with E-state index in [4.69, 9.17) is 5.21 Å². The molecule has 0 radical (unpaired) electrons. The number of benzene rings is 2. The third-order valence-electron chi connectivity index (χ3n) is 5.05. The molecule has 2 N–H and O–H groups in total. The average molecular weight is 366 g/mol. The van der Waals surface area contributed by atoms with Crippen LogP contribution in [-0.2, 0) is 24.3 Å². The van der Waals surface area contributed by atoms with Gasteiger partial charge in [-0.05, 0) is 35.1 Å². The Kier molecular flexibility index (Phi) is 5.11. The van der Waals surface area contributed by atoms with Crippen molar-refractivity contribution < 1.29 is 10.0 Å². The summed E-state index contributed by atoms with van der Waals surface area (Å²) in [5.41, 5.74) is 7.17. The number of rotatable bonds is 4. The molecule has 1 unspecified atom stereocenters.